The molecule has 12 heteroatoms. The molecule has 37 heavy (non-hydrogen) atoms. The summed E-state index contributed by atoms with van der Waals surface area (Å²) in [6.07, 6.45) is 0.966. The van der Waals surface area contributed by atoms with E-state index in [1.807, 2.05) is 6.92 Å². The number of ether oxygens (including phenoxy) is 2. The van der Waals surface area contributed by atoms with Crippen LogP contribution < -0.4 is 10.6 Å². The van der Waals surface area contributed by atoms with E-state index in [1.54, 1.807) is 0 Å². The lowest BCUT2D eigenvalue weighted by molar-refractivity contribution is -0.160. The monoisotopic (exact) mass is 537 g/mol. The molecule has 2 aliphatic heterocycles. The first-order valence-electron chi connectivity index (χ1n) is 12.2. The molecular formula is C25H39N3O8Si. The maximum Gasteiger partial charge on any atom is 0.407 e. The number of hydrogen-bond acceptors (Lipinski definition) is 7. The Morgan fingerprint density at radius 1 is 1.16 bits per heavy atom. The van der Waals surface area contributed by atoms with Gasteiger partial charge in [0.1, 0.15) is 18.9 Å². The molecule has 0 bridgehead atoms. The number of nitrogens with one attached hydrogen (secondary N) is 2. The Hall–Kier alpha value is -3.12. The van der Waals surface area contributed by atoms with Gasteiger partial charge in [-0.2, -0.15) is 0 Å². The van der Waals surface area contributed by atoms with Crippen LogP contribution in [-0.2, 0) is 23.5 Å². The number of carbonyl (C=O) groups excluding carboxylic acids is 3. The van der Waals surface area contributed by atoms with Crippen LogP contribution in [0.1, 0.15) is 34.1 Å². The van der Waals surface area contributed by atoms with Gasteiger partial charge in [0, 0.05) is 6.54 Å². The van der Waals surface area contributed by atoms with Crippen LogP contribution in [0.2, 0.25) is 18.1 Å². The van der Waals surface area contributed by atoms with Crippen molar-refractivity contribution in [2.45, 2.75) is 70.4 Å². The zero-order valence-electron chi connectivity index (χ0n) is 22.5. The topological polar surface area (TPSA) is 144 Å². The SMILES string of the molecule is C=CCOC(=O)NC[C@@H](NC(=O)OCC=C)C1=C(C(=O)O)N2C(=O)[C@H]([C@@H](C)O[Si](C)(C)C(C)(C)C)[C@H]2C1. The molecule has 0 saturated carbocycles. The summed E-state index contributed by atoms with van der Waals surface area (Å²) in [5, 5.41) is 15.0. The number of hydrogen-bond donors (Lipinski definition) is 3. The highest BCUT2D eigenvalue weighted by atomic mass is 28.4. The molecule has 0 spiro atoms. The zero-order chi connectivity index (χ0) is 28.1. The molecule has 0 aliphatic carbocycles. The summed E-state index contributed by atoms with van der Waals surface area (Å²) in [4.78, 5) is 51.0. The van der Waals surface area contributed by atoms with E-state index >= 15 is 0 Å². The number of fused-ring (bicyclic) bond motifs is 1. The van der Waals surface area contributed by atoms with Crippen LogP contribution in [0.4, 0.5) is 9.59 Å². The van der Waals surface area contributed by atoms with Gasteiger partial charge in [0.15, 0.2) is 8.32 Å². The van der Waals surface area contributed by atoms with E-state index in [0.717, 1.165) is 0 Å². The van der Waals surface area contributed by atoms with Gasteiger partial charge in [0.05, 0.1) is 24.1 Å². The van der Waals surface area contributed by atoms with Crippen molar-refractivity contribution in [1.29, 1.82) is 0 Å². The molecule has 1 saturated heterocycles. The summed E-state index contributed by atoms with van der Waals surface area (Å²) in [5.74, 6) is -2.17. The smallest absolute Gasteiger partial charge is 0.407 e. The van der Waals surface area contributed by atoms with Gasteiger partial charge in [0.2, 0.25) is 5.91 Å². The van der Waals surface area contributed by atoms with Crippen LogP contribution in [0.15, 0.2) is 36.6 Å². The first kappa shape index (κ1) is 30.1. The Kier molecular flexibility index (Phi) is 9.72. The first-order chi connectivity index (χ1) is 17.2. The molecule has 3 amide bonds. The fourth-order valence-electron chi connectivity index (χ4n) is 4.27. The number of amides is 3. The van der Waals surface area contributed by atoms with E-state index in [-0.39, 0.29) is 42.8 Å². The molecule has 0 aromatic heterocycles. The molecule has 0 unspecified atom stereocenters. The van der Waals surface area contributed by atoms with E-state index in [1.165, 1.54) is 17.1 Å². The number of aliphatic carboxylic acids is 1. The summed E-state index contributed by atoms with van der Waals surface area (Å²) in [6, 6.07) is -1.40. The van der Waals surface area contributed by atoms with Crippen molar-refractivity contribution >= 4 is 32.4 Å². The van der Waals surface area contributed by atoms with Gasteiger partial charge in [-0.25, -0.2) is 14.4 Å². The highest BCUT2D eigenvalue weighted by Gasteiger charge is 2.58. The molecule has 3 N–H and O–H groups in total. The molecule has 11 nitrogen and oxygen atoms in total. The second-order valence-electron chi connectivity index (χ2n) is 10.6. The Morgan fingerprint density at radius 3 is 2.24 bits per heavy atom. The zero-order valence-corrected chi connectivity index (χ0v) is 23.5. The molecule has 2 rings (SSSR count). The molecular weight excluding hydrogens is 498 g/mol. The van der Waals surface area contributed by atoms with Crippen LogP contribution in [-0.4, -0.2) is 80.3 Å². The van der Waals surface area contributed by atoms with Gasteiger partial charge in [-0.15, -0.1) is 0 Å². The third kappa shape index (κ3) is 6.80. The van der Waals surface area contributed by atoms with Crippen LogP contribution in [0.25, 0.3) is 0 Å². The second kappa shape index (κ2) is 11.9. The van der Waals surface area contributed by atoms with Crippen molar-refractivity contribution in [1.82, 2.24) is 15.5 Å². The summed E-state index contributed by atoms with van der Waals surface area (Å²) < 4.78 is 16.3. The van der Waals surface area contributed by atoms with Gasteiger partial charge in [-0.3, -0.25) is 4.79 Å². The van der Waals surface area contributed by atoms with Crippen LogP contribution in [0, 0.1) is 5.92 Å². The number of β-lactam (4-membered cyclic amide) rings is 1. The molecule has 2 aliphatic rings. The molecule has 0 radical (unpaired) electrons. The van der Waals surface area contributed by atoms with Gasteiger partial charge in [0.25, 0.3) is 0 Å². The lowest BCUT2D eigenvalue weighted by Gasteiger charge is -2.48. The van der Waals surface area contributed by atoms with Crippen LogP contribution >= 0.6 is 0 Å². The lowest BCUT2D eigenvalue weighted by atomic mass is 9.82. The molecule has 206 valence electrons. The van der Waals surface area contributed by atoms with Crippen LogP contribution in [0.5, 0.6) is 0 Å². The summed E-state index contributed by atoms with van der Waals surface area (Å²) in [6.45, 7) is 19.0. The average Bonchev–Trinajstić information content (AvgIpc) is 3.13. The van der Waals surface area contributed by atoms with E-state index in [0.29, 0.717) is 5.57 Å². The molecule has 0 aromatic carbocycles. The number of carboxylic acids is 1. The minimum atomic E-state index is -2.19. The molecule has 2 heterocycles. The predicted molar refractivity (Wildman–Crippen MR) is 139 cm³/mol. The van der Waals surface area contributed by atoms with Crippen molar-refractivity contribution in [3.8, 4) is 0 Å². The van der Waals surface area contributed by atoms with Crippen molar-refractivity contribution in [3.63, 3.8) is 0 Å². The third-order valence-electron chi connectivity index (χ3n) is 7.07. The van der Waals surface area contributed by atoms with E-state index in [2.05, 4.69) is 57.7 Å². The Bertz CT molecular complexity index is 971. The fourth-order valence-corrected chi connectivity index (χ4v) is 5.69. The quantitative estimate of drug-likeness (QED) is 0.196. The second-order valence-corrected chi connectivity index (χ2v) is 15.4. The van der Waals surface area contributed by atoms with E-state index in [9.17, 15) is 24.3 Å². The summed E-state index contributed by atoms with van der Waals surface area (Å²) in [7, 11) is -2.19. The average molecular weight is 538 g/mol. The number of rotatable bonds is 12. The number of carboxylic acid groups (broad SMARTS) is 1. The van der Waals surface area contributed by atoms with Crippen molar-refractivity contribution in [2.24, 2.45) is 5.92 Å². The molecule has 1 fully saturated rings. The normalized spacial score (nSPS) is 20.8. The summed E-state index contributed by atoms with van der Waals surface area (Å²) in [5.41, 5.74) is 0.0912. The highest BCUT2D eigenvalue weighted by Crippen LogP contribution is 2.47. The molecule has 0 aromatic rings. The van der Waals surface area contributed by atoms with Gasteiger partial charge in [-0.1, -0.05) is 46.1 Å². The highest BCUT2D eigenvalue weighted by molar-refractivity contribution is 6.74. The maximum atomic E-state index is 13.2. The third-order valence-corrected chi connectivity index (χ3v) is 11.6. The number of alkyl carbamates (subject to hydrolysis) is 2. The van der Waals surface area contributed by atoms with E-state index in [4.69, 9.17) is 13.9 Å². The lowest BCUT2D eigenvalue weighted by Crippen LogP contribution is -2.63. The number of carbonyl (C=O) groups is 4. The largest absolute Gasteiger partial charge is 0.477 e. The van der Waals surface area contributed by atoms with Gasteiger partial charge in [-0.05, 0) is 37.0 Å². The maximum absolute atomic E-state index is 13.2. The van der Waals surface area contributed by atoms with Crippen molar-refractivity contribution in [3.05, 3.63) is 36.6 Å². The number of nitrogens with zero attached hydrogens (tertiary/aromatic N) is 1. The minimum absolute atomic E-state index is 0.0213. The van der Waals surface area contributed by atoms with E-state index < -0.39 is 50.6 Å². The Labute approximate surface area is 219 Å². The standard InChI is InChI=1S/C25H39N3O8Si/c1-9-11-34-23(32)26-14-17(27-24(33)35-12-10-2)16-13-18-19(21(29)28(18)20(16)22(30)31)15(3)36-37(7,8)25(4,5)6/h9-10,15,17-19H,1-2,11-14H2,3-8H3,(H,26,32)(H,27,33)(H,30,31)/t15-,17-,18-,19-/m1/s1. The fraction of sp³-hybridized carbons (Fsp3) is 0.600. The van der Waals surface area contributed by atoms with Gasteiger partial charge < -0.3 is 34.5 Å². The Balaban J connectivity index is 2.30. The van der Waals surface area contributed by atoms with Crippen molar-refractivity contribution in [2.75, 3.05) is 19.8 Å². The summed E-state index contributed by atoms with van der Waals surface area (Å²) >= 11 is 0. The first-order valence-corrected chi connectivity index (χ1v) is 15.1. The minimum Gasteiger partial charge on any atom is -0.477 e. The van der Waals surface area contributed by atoms with Crippen molar-refractivity contribution < 1.29 is 38.2 Å². The van der Waals surface area contributed by atoms with Crippen LogP contribution in [0.3, 0.4) is 0 Å². The van der Waals surface area contributed by atoms with Gasteiger partial charge >= 0.3 is 18.2 Å². The Morgan fingerprint density at radius 2 is 1.73 bits per heavy atom. The predicted octanol–water partition coefficient (Wildman–Crippen LogP) is 3.16. The molecule has 4 atom stereocenters.